The van der Waals surface area contributed by atoms with Crippen LogP contribution in [0.25, 0.3) is 0 Å². The summed E-state index contributed by atoms with van der Waals surface area (Å²) in [6.45, 7) is 2.07. The minimum atomic E-state index is -0.0886. The highest BCUT2D eigenvalue weighted by atomic mass is 79.9. The first kappa shape index (κ1) is 12.4. The van der Waals surface area contributed by atoms with Crippen molar-refractivity contribution in [2.45, 2.75) is 19.3 Å². The second-order valence-electron chi connectivity index (χ2n) is 4.97. The van der Waals surface area contributed by atoms with E-state index in [0.29, 0.717) is 0 Å². The Bertz CT molecular complexity index is 651. The maximum atomic E-state index is 12.1. The summed E-state index contributed by atoms with van der Waals surface area (Å²) in [6.07, 6.45) is 0.747. The Morgan fingerprint density at radius 3 is 2.84 bits per heavy atom. The number of amides is 1. The van der Waals surface area contributed by atoms with E-state index in [1.165, 1.54) is 11.1 Å². The monoisotopic (exact) mass is 315 g/mol. The first-order valence-electron chi connectivity index (χ1n) is 6.29. The summed E-state index contributed by atoms with van der Waals surface area (Å²) in [5, 5.41) is 2.95. The molecule has 0 aromatic heterocycles. The van der Waals surface area contributed by atoms with Gasteiger partial charge in [-0.25, -0.2) is 0 Å². The normalized spacial score (nSPS) is 17.2. The summed E-state index contributed by atoms with van der Waals surface area (Å²) in [5.41, 5.74) is 4.45. The highest BCUT2D eigenvalue weighted by molar-refractivity contribution is 9.10. The van der Waals surface area contributed by atoms with Gasteiger partial charge < -0.3 is 5.32 Å². The molecular formula is C16H14BrNO. The van der Waals surface area contributed by atoms with Crippen molar-refractivity contribution in [3.8, 4) is 0 Å². The van der Waals surface area contributed by atoms with Crippen LogP contribution >= 0.6 is 15.9 Å². The van der Waals surface area contributed by atoms with Gasteiger partial charge in [-0.3, -0.25) is 4.79 Å². The molecule has 0 spiro atoms. The van der Waals surface area contributed by atoms with Crippen LogP contribution in [0.5, 0.6) is 0 Å². The molecule has 3 heteroatoms. The lowest BCUT2D eigenvalue weighted by molar-refractivity contribution is -0.117. The predicted octanol–water partition coefficient (Wildman–Crippen LogP) is 4.04. The van der Waals surface area contributed by atoms with Gasteiger partial charge in [0.25, 0.3) is 0 Å². The van der Waals surface area contributed by atoms with Crippen LogP contribution < -0.4 is 5.32 Å². The molecule has 96 valence electrons. The SMILES string of the molecule is Cc1cccc(C[C@@H]2C(=O)Nc3ccc(Br)cc32)c1. The molecule has 1 atom stereocenters. The Hall–Kier alpha value is -1.61. The van der Waals surface area contributed by atoms with Crippen molar-refractivity contribution >= 4 is 27.5 Å². The van der Waals surface area contributed by atoms with Crippen LogP contribution in [-0.4, -0.2) is 5.91 Å². The number of hydrogen-bond acceptors (Lipinski definition) is 1. The van der Waals surface area contributed by atoms with Gasteiger partial charge in [-0.05, 0) is 42.7 Å². The fourth-order valence-electron chi connectivity index (χ4n) is 2.57. The zero-order valence-corrected chi connectivity index (χ0v) is 12.2. The van der Waals surface area contributed by atoms with Crippen LogP contribution in [0.4, 0.5) is 5.69 Å². The first-order chi connectivity index (χ1) is 9.13. The van der Waals surface area contributed by atoms with E-state index in [0.717, 1.165) is 22.1 Å². The Morgan fingerprint density at radius 1 is 1.21 bits per heavy atom. The lowest BCUT2D eigenvalue weighted by Crippen LogP contribution is -2.14. The van der Waals surface area contributed by atoms with Crippen molar-refractivity contribution in [1.29, 1.82) is 0 Å². The average Bonchev–Trinajstić information content (AvgIpc) is 2.66. The van der Waals surface area contributed by atoms with Crippen molar-refractivity contribution in [3.05, 3.63) is 63.6 Å². The number of hydrogen-bond donors (Lipinski definition) is 1. The standard InChI is InChI=1S/C16H14BrNO/c1-10-3-2-4-11(7-10)8-14-13-9-12(17)5-6-15(13)18-16(14)19/h2-7,9,14H,8H2,1H3,(H,18,19)/t14-/m0/s1. The molecule has 0 bridgehead atoms. The average molecular weight is 316 g/mol. The van der Waals surface area contributed by atoms with E-state index < -0.39 is 0 Å². The van der Waals surface area contributed by atoms with Crippen LogP contribution in [0.2, 0.25) is 0 Å². The number of fused-ring (bicyclic) bond motifs is 1. The van der Waals surface area contributed by atoms with E-state index in [9.17, 15) is 4.79 Å². The molecule has 2 aromatic rings. The summed E-state index contributed by atoms with van der Waals surface area (Å²) in [7, 11) is 0. The smallest absolute Gasteiger partial charge is 0.232 e. The molecule has 1 amide bonds. The van der Waals surface area contributed by atoms with Crippen molar-refractivity contribution < 1.29 is 4.79 Å². The Morgan fingerprint density at radius 2 is 2.05 bits per heavy atom. The van der Waals surface area contributed by atoms with Gasteiger partial charge in [0.1, 0.15) is 0 Å². The van der Waals surface area contributed by atoms with Gasteiger partial charge in [-0.2, -0.15) is 0 Å². The molecule has 0 aliphatic carbocycles. The van der Waals surface area contributed by atoms with Gasteiger partial charge in [0.05, 0.1) is 5.92 Å². The maximum Gasteiger partial charge on any atom is 0.232 e. The number of aryl methyl sites for hydroxylation is 1. The molecule has 1 aliphatic rings. The van der Waals surface area contributed by atoms with Crippen LogP contribution in [0.15, 0.2) is 46.9 Å². The van der Waals surface area contributed by atoms with Crippen molar-refractivity contribution in [2.75, 3.05) is 5.32 Å². The van der Waals surface area contributed by atoms with Crippen LogP contribution in [0.3, 0.4) is 0 Å². The Balaban J connectivity index is 1.94. The minimum Gasteiger partial charge on any atom is -0.325 e. The summed E-state index contributed by atoms with van der Waals surface area (Å²) in [4.78, 5) is 12.1. The molecule has 1 N–H and O–H groups in total. The maximum absolute atomic E-state index is 12.1. The Labute approximate surface area is 121 Å². The van der Waals surface area contributed by atoms with Gasteiger partial charge >= 0.3 is 0 Å². The van der Waals surface area contributed by atoms with E-state index in [-0.39, 0.29) is 11.8 Å². The van der Waals surface area contributed by atoms with Crippen molar-refractivity contribution in [2.24, 2.45) is 0 Å². The summed E-state index contributed by atoms with van der Waals surface area (Å²) in [6, 6.07) is 14.3. The summed E-state index contributed by atoms with van der Waals surface area (Å²) in [5.74, 6) is 0.00362. The minimum absolute atomic E-state index is 0.0886. The fourth-order valence-corrected chi connectivity index (χ4v) is 2.95. The zero-order chi connectivity index (χ0) is 13.4. The van der Waals surface area contributed by atoms with E-state index in [4.69, 9.17) is 0 Å². The molecule has 3 rings (SSSR count). The van der Waals surface area contributed by atoms with Gasteiger partial charge in [-0.15, -0.1) is 0 Å². The molecule has 0 saturated heterocycles. The van der Waals surface area contributed by atoms with E-state index in [1.807, 2.05) is 24.3 Å². The topological polar surface area (TPSA) is 29.1 Å². The summed E-state index contributed by atoms with van der Waals surface area (Å²) >= 11 is 3.47. The molecule has 1 aliphatic heterocycles. The molecule has 0 saturated carbocycles. The third kappa shape index (κ3) is 2.43. The van der Waals surface area contributed by atoms with Crippen LogP contribution in [-0.2, 0) is 11.2 Å². The number of halogens is 1. The summed E-state index contributed by atoms with van der Waals surface area (Å²) < 4.78 is 1.01. The van der Waals surface area contributed by atoms with Gasteiger partial charge in [0.15, 0.2) is 0 Å². The number of carbonyl (C=O) groups is 1. The zero-order valence-electron chi connectivity index (χ0n) is 10.6. The number of benzene rings is 2. The van der Waals surface area contributed by atoms with E-state index in [1.54, 1.807) is 0 Å². The molecule has 1 heterocycles. The lowest BCUT2D eigenvalue weighted by Gasteiger charge is -2.09. The van der Waals surface area contributed by atoms with Gasteiger partial charge in [0, 0.05) is 10.2 Å². The van der Waals surface area contributed by atoms with E-state index in [2.05, 4.69) is 46.4 Å². The van der Waals surface area contributed by atoms with Gasteiger partial charge in [-0.1, -0.05) is 45.8 Å². The molecule has 19 heavy (non-hydrogen) atoms. The first-order valence-corrected chi connectivity index (χ1v) is 7.08. The highest BCUT2D eigenvalue weighted by Gasteiger charge is 2.30. The largest absolute Gasteiger partial charge is 0.325 e. The fraction of sp³-hybridized carbons (Fsp3) is 0.188. The lowest BCUT2D eigenvalue weighted by atomic mass is 9.93. The van der Waals surface area contributed by atoms with E-state index >= 15 is 0 Å². The molecule has 2 aromatic carbocycles. The molecular weight excluding hydrogens is 302 g/mol. The number of rotatable bonds is 2. The quantitative estimate of drug-likeness (QED) is 0.890. The third-order valence-corrected chi connectivity index (χ3v) is 3.98. The number of nitrogens with one attached hydrogen (secondary N) is 1. The van der Waals surface area contributed by atoms with Gasteiger partial charge in [0.2, 0.25) is 5.91 Å². The number of anilines is 1. The van der Waals surface area contributed by atoms with Crippen molar-refractivity contribution in [1.82, 2.24) is 0 Å². The molecule has 0 unspecified atom stereocenters. The second-order valence-corrected chi connectivity index (χ2v) is 5.88. The van der Waals surface area contributed by atoms with Crippen LogP contribution in [0.1, 0.15) is 22.6 Å². The second kappa shape index (κ2) is 4.82. The molecule has 0 radical (unpaired) electrons. The molecule has 2 nitrogen and oxygen atoms in total. The predicted molar refractivity (Wildman–Crippen MR) is 80.4 cm³/mol. The third-order valence-electron chi connectivity index (χ3n) is 3.49. The number of carbonyl (C=O) groups excluding carboxylic acids is 1. The molecule has 0 fully saturated rings. The highest BCUT2D eigenvalue weighted by Crippen LogP contribution is 2.36. The Kier molecular flexibility index (Phi) is 3.15. The van der Waals surface area contributed by atoms with Crippen LogP contribution in [0, 0.1) is 6.92 Å². The van der Waals surface area contributed by atoms with Crippen molar-refractivity contribution in [3.63, 3.8) is 0 Å².